The van der Waals surface area contributed by atoms with Crippen molar-refractivity contribution in [2.75, 3.05) is 18.0 Å². The summed E-state index contributed by atoms with van der Waals surface area (Å²) in [5.41, 5.74) is 0.743. The Morgan fingerprint density at radius 2 is 1.93 bits per heavy atom. The predicted molar refractivity (Wildman–Crippen MR) is 114 cm³/mol. The minimum Gasteiger partial charge on any atom is -0.495 e. The fourth-order valence-corrected chi connectivity index (χ4v) is 5.04. The maximum atomic E-state index is 13.4. The highest BCUT2D eigenvalue weighted by atomic mass is 32.2. The van der Waals surface area contributed by atoms with Gasteiger partial charge in [0, 0.05) is 11.6 Å². The van der Waals surface area contributed by atoms with Crippen LogP contribution in [-0.2, 0) is 10.0 Å². The van der Waals surface area contributed by atoms with Gasteiger partial charge in [-0.25, -0.2) is 8.42 Å². The molecule has 0 spiro atoms. The Morgan fingerprint density at radius 1 is 1.21 bits per heavy atom. The Hall–Kier alpha value is -2.80. The molecule has 0 radical (unpaired) electrons. The van der Waals surface area contributed by atoms with E-state index in [1.54, 1.807) is 36.4 Å². The molecule has 1 fully saturated rings. The second kappa shape index (κ2) is 9.13. The van der Waals surface area contributed by atoms with Gasteiger partial charge in [-0.1, -0.05) is 37.1 Å². The molecule has 0 bridgehead atoms. The number of nitrogens with zero attached hydrogens (tertiary/aromatic N) is 1. The lowest BCUT2D eigenvalue weighted by Crippen LogP contribution is -2.33. The standard InChI is InChI=1S/C22H26N2O4S/c1-3-15-24(20-13-6-7-14-21(20)28-2)29(26,27)19-12-8-9-17(16-19)22(25)23-18-10-4-5-11-18/h3,6-9,12-14,16,18H,1,4-5,10-11,15H2,2H3,(H,23,25). The van der Waals surface area contributed by atoms with Gasteiger partial charge < -0.3 is 10.1 Å². The predicted octanol–water partition coefficient (Wildman–Crippen LogP) is 3.75. The van der Waals surface area contributed by atoms with Gasteiger partial charge in [0.2, 0.25) is 0 Å². The summed E-state index contributed by atoms with van der Waals surface area (Å²) in [6.07, 6.45) is 5.65. The summed E-state index contributed by atoms with van der Waals surface area (Å²) in [5, 5.41) is 2.99. The third-order valence-corrected chi connectivity index (χ3v) is 6.80. The zero-order chi connectivity index (χ0) is 20.9. The summed E-state index contributed by atoms with van der Waals surface area (Å²) >= 11 is 0. The molecule has 0 heterocycles. The monoisotopic (exact) mass is 414 g/mol. The molecule has 1 N–H and O–H groups in total. The van der Waals surface area contributed by atoms with E-state index in [9.17, 15) is 13.2 Å². The van der Waals surface area contributed by atoms with Crippen LogP contribution in [0.2, 0.25) is 0 Å². The largest absolute Gasteiger partial charge is 0.495 e. The van der Waals surface area contributed by atoms with E-state index in [2.05, 4.69) is 11.9 Å². The molecule has 3 rings (SSSR count). The molecule has 1 aliphatic carbocycles. The topological polar surface area (TPSA) is 75.7 Å². The highest BCUT2D eigenvalue weighted by Crippen LogP contribution is 2.32. The van der Waals surface area contributed by atoms with Gasteiger partial charge in [0.15, 0.2) is 0 Å². The molecule has 0 aliphatic heterocycles. The number of amides is 1. The third kappa shape index (κ3) is 4.62. The molecule has 0 saturated heterocycles. The number of benzene rings is 2. The number of carbonyl (C=O) groups excluding carboxylic acids is 1. The van der Waals surface area contributed by atoms with Crippen LogP contribution in [0, 0.1) is 0 Å². The normalized spacial score (nSPS) is 14.4. The fraction of sp³-hybridized carbons (Fsp3) is 0.318. The molecule has 1 aliphatic rings. The van der Waals surface area contributed by atoms with Crippen molar-refractivity contribution in [1.29, 1.82) is 0 Å². The van der Waals surface area contributed by atoms with Gasteiger partial charge >= 0.3 is 0 Å². The zero-order valence-electron chi connectivity index (χ0n) is 16.5. The molecule has 29 heavy (non-hydrogen) atoms. The number of sulfonamides is 1. The van der Waals surface area contributed by atoms with Crippen LogP contribution < -0.4 is 14.4 Å². The summed E-state index contributed by atoms with van der Waals surface area (Å²) in [7, 11) is -2.44. The summed E-state index contributed by atoms with van der Waals surface area (Å²) in [4.78, 5) is 12.6. The first-order valence-electron chi connectivity index (χ1n) is 9.65. The van der Waals surface area contributed by atoms with Gasteiger partial charge in [-0.2, -0.15) is 0 Å². The van der Waals surface area contributed by atoms with Crippen molar-refractivity contribution in [3.8, 4) is 5.75 Å². The molecule has 7 heteroatoms. The summed E-state index contributed by atoms with van der Waals surface area (Å²) in [6, 6.07) is 13.2. The van der Waals surface area contributed by atoms with Crippen molar-refractivity contribution in [3.05, 3.63) is 66.7 Å². The van der Waals surface area contributed by atoms with Crippen LogP contribution in [0.4, 0.5) is 5.69 Å². The lowest BCUT2D eigenvalue weighted by Gasteiger charge is -2.25. The van der Waals surface area contributed by atoms with Gasteiger partial charge in [-0.15, -0.1) is 6.58 Å². The summed E-state index contributed by atoms with van der Waals surface area (Å²) in [5.74, 6) is 0.189. The molecule has 2 aromatic carbocycles. The minimum atomic E-state index is -3.93. The second-order valence-electron chi connectivity index (χ2n) is 6.98. The van der Waals surface area contributed by atoms with Crippen LogP contribution in [0.5, 0.6) is 5.75 Å². The van der Waals surface area contributed by atoms with Gasteiger partial charge in [-0.3, -0.25) is 9.10 Å². The van der Waals surface area contributed by atoms with Crippen molar-refractivity contribution < 1.29 is 17.9 Å². The SMILES string of the molecule is C=CCN(c1ccccc1OC)S(=O)(=O)c1cccc(C(=O)NC2CCCC2)c1. The number of methoxy groups -OCH3 is 1. The third-order valence-electron chi connectivity index (χ3n) is 5.02. The van der Waals surface area contributed by atoms with Crippen LogP contribution in [-0.4, -0.2) is 34.0 Å². The van der Waals surface area contributed by atoms with Gasteiger partial charge in [0.05, 0.1) is 24.2 Å². The first-order valence-corrected chi connectivity index (χ1v) is 11.1. The Morgan fingerprint density at radius 3 is 2.62 bits per heavy atom. The Labute approximate surface area is 172 Å². The van der Waals surface area contributed by atoms with Crippen molar-refractivity contribution in [1.82, 2.24) is 5.32 Å². The Bertz CT molecular complexity index is 982. The second-order valence-corrected chi connectivity index (χ2v) is 8.84. The van der Waals surface area contributed by atoms with E-state index >= 15 is 0 Å². The van der Waals surface area contributed by atoms with Crippen LogP contribution in [0.1, 0.15) is 36.0 Å². The number of rotatable bonds is 8. The summed E-state index contributed by atoms with van der Waals surface area (Å²) < 4.78 is 33.4. The Kier molecular flexibility index (Phi) is 6.59. The molecular formula is C22H26N2O4S. The highest BCUT2D eigenvalue weighted by molar-refractivity contribution is 7.92. The lowest BCUT2D eigenvalue weighted by atomic mass is 10.2. The van der Waals surface area contributed by atoms with Gasteiger partial charge in [0.1, 0.15) is 5.75 Å². The lowest BCUT2D eigenvalue weighted by molar-refractivity contribution is 0.0937. The maximum absolute atomic E-state index is 13.4. The van der Waals surface area contributed by atoms with E-state index in [4.69, 9.17) is 4.74 Å². The van der Waals surface area contributed by atoms with Crippen molar-refractivity contribution in [2.24, 2.45) is 0 Å². The van der Waals surface area contributed by atoms with Crippen molar-refractivity contribution >= 4 is 21.6 Å². The number of para-hydroxylation sites is 2. The molecular weight excluding hydrogens is 388 g/mol. The van der Waals surface area contributed by atoms with E-state index in [1.807, 2.05) is 0 Å². The zero-order valence-corrected chi connectivity index (χ0v) is 17.3. The number of nitrogens with one attached hydrogen (secondary N) is 1. The van der Waals surface area contributed by atoms with Crippen LogP contribution in [0.3, 0.4) is 0 Å². The molecule has 1 saturated carbocycles. The molecule has 0 unspecified atom stereocenters. The van der Waals surface area contributed by atoms with E-state index < -0.39 is 10.0 Å². The van der Waals surface area contributed by atoms with Crippen molar-refractivity contribution in [2.45, 2.75) is 36.6 Å². The first kappa shape index (κ1) is 20.9. The number of ether oxygens (including phenoxy) is 1. The van der Waals surface area contributed by atoms with Crippen LogP contribution >= 0.6 is 0 Å². The number of anilines is 1. The first-order chi connectivity index (χ1) is 14.0. The van der Waals surface area contributed by atoms with Gasteiger partial charge in [0.25, 0.3) is 15.9 Å². The maximum Gasteiger partial charge on any atom is 0.264 e. The molecule has 0 aromatic heterocycles. The molecule has 6 nitrogen and oxygen atoms in total. The summed E-state index contributed by atoms with van der Waals surface area (Å²) in [6.45, 7) is 3.75. The number of hydrogen-bond donors (Lipinski definition) is 1. The average molecular weight is 415 g/mol. The molecule has 1 amide bonds. The van der Waals surface area contributed by atoms with E-state index in [-0.39, 0.29) is 23.4 Å². The van der Waals surface area contributed by atoms with Crippen LogP contribution in [0.25, 0.3) is 0 Å². The minimum absolute atomic E-state index is 0.0457. The highest BCUT2D eigenvalue weighted by Gasteiger charge is 2.27. The molecule has 2 aromatic rings. The fourth-order valence-electron chi connectivity index (χ4n) is 3.54. The van der Waals surface area contributed by atoms with E-state index in [0.717, 1.165) is 25.7 Å². The van der Waals surface area contributed by atoms with Gasteiger partial charge in [-0.05, 0) is 43.2 Å². The van der Waals surface area contributed by atoms with E-state index in [1.165, 1.54) is 29.6 Å². The molecule has 154 valence electrons. The number of hydrogen-bond acceptors (Lipinski definition) is 4. The quantitative estimate of drug-likeness (QED) is 0.668. The van der Waals surface area contributed by atoms with E-state index in [0.29, 0.717) is 17.0 Å². The Balaban J connectivity index is 1.94. The van der Waals surface area contributed by atoms with Crippen molar-refractivity contribution in [3.63, 3.8) is 0 Å². The average Bonchev–Trinajstić information content (AvgIpc) is 3.25. The van der Waals surface area contributed by atoms with Crippen LogP contribution in [0.15, 0.2) is 66.1 Å². The molecule has 0 atom stereocenters. The smallest absolute Gasteiger partial charge is 0.264 e. The number of carbonyl (C=O) groups is 1.